The lowest BCUT2D eigenvalue weighted by Gasteiger charge is -2.32. The zero-order valence-electron chi connectivity index (χ0n) is 15.6. The van der Waals surface area contributed by atoms with Gasteiger partial charge in [-0.05, 0) is 29.6 Å². The molecule has 0 saturated carbocycles. The number of carbonyl (C=O) groups excluding carboxylic acids is 1. The zero-order chi connectivity index (χ0) is 21.1. The summed E-state index contributed by atoms with van der Waals surface area (Å²) in [7, 11) is 0. The molecule has 3 heterocycles. The molecule has 0 N–H and O–H groups in total. The molecule has 1 fully saturated rings. The highest BCUT2D eigenvalue weighted by Crippen LogP contribution is 2.28. The number of morpholine rings is 1. The number of aromatic nitrogens is 2. The number of anilines is 1. The maximum absolute atomic E-state index is 14.8. The smallest absolute Gasteiger partial charge is 0.325 e. The number of urea groups is 1. The first-order chi connectivity index (χ1) is 14.5. The van der Waals surface area contributed by atoms with Gasteiger partial charge in [-0.15, -0.1) is 21.5 Å². The molecule has 1 aliphatic heterocycles. The third-order valence-electron chi connectivity index (χ3n) is 4.54. The number of alkyl halides is 2. The van der Waals surface area contributed by atoms with Crippen molar-refractivity contribution >= 4 is 22.4 Å². The number of amides is 2. The summed E-state index contributed by atoms with van der Waals surface area (Å²) in [6.45, 7) is 1.85. The van der Waals surface area contributed by atoms with Crippen molar-refractivity contribution in [3.05, 3.63) is 53.0 Å². The molecule has 0 bridgehead atoms. The summed E-state index contributed by atoms with van der Waals surface area (Å²) in [5.41, 5.74) is 0.445. The van der Waals surface area contributed by atoms with E-state index in [1.807, 2.05) is 11.4 Å². The fourth-order valence-electron chi connectivity index (χ4n) is 3.01. The number of ether oxygens (including phenoxy) is 1. The Balaban J connectivity index is 1.57. The molecular formula is C19H17F3N4O3S. The molecule has 11 heteroatoms. The molecule has 2 amide bonds. The van der Waals surface area contributed by atoms with Crippen molar-refractivity contribution in [1.82, 2.24) is 15.1 Å². The summed E-state index contributed by atoms with van der Waals surface area (Å²) in [5.74, 6) is -1.63. The van der Waals surface area contributed by atoms with E-state index >= 15 is 0 Å². The highest BCUT2D eigenvalue weighted by Gasteiger charge is 2.26. The minimum atomic E-state index is -2.90. The second-order valence-corrected chi connectivity index (χ2v) is 7.40. The Hall–Kier alpha value is -2.92. The maximum atomic E-state index is 14.8. The van der Waals surface area contributed by atoms with Crippen LogP contribution < -0.4 is 4.90 Å². The van der Waals surface area contributed by atoms with Crippen molar-refractivity contribution in [3.8, 4) is 11.5 Å². The number of carbonyl (C=O) groups is 1. The lowest BCUT2D eigenvalue weighted by atomic mass is 10.1. The number of hydrogen-bond acceptors (Lipinski definition) is 6. The van der Waals surface area contributed by atoms with Crippen LogP contribution >= 0.6 is 11.3 Å². The third-order valence-corrected chi connectivity index (χ3v) is 5.43. The molecule has 3 aromatic rings. The predicted molar refractivity (Wildman–Crippen MR) is 103 cm³/mol. The number of halogens is 3. The lowest BCUT2D eigenvalue weighted by Crippen LogP contribution is -2.48. The molecule has 1 aromatic carbocycles. The lowest BCUT2D eigenvalue weighted by molar-refractivity contribution is 0.0548. The van der Waals surface area contributed by atoms with E-state index in [1.165, 1.54) is 28.4 Å². The normalized spacial score (nSPS) is 14.3. The summed E-state index contributed by atoms with van der Waals surface area (Å²) in [6, 6.07) is 7.47. The molecule has 0 radical (unpaired) electrons. The molecule has 1 aliphatic rings. The maximum Gasteiger partial charge on any atom is 0.325 e. The SMILES string of the molecule is O=C(N1CCOCC1)N(Cc1ccc(-c2nnc(C(F)F)o2)cc1F)c1cccs1. The molecule has 0 unspecified atom stereocenters. The first-order valence-corrected chi connectivity index (χ1v) is 9.99. The molecule has 0 spiro atoms. The summed E-state index contributed by atoms with van der Waals surface area (Å²) < 4.78 is 50.2. The molecule has 0 aliphatic carbocycles. The quantitative estimate of drug-likeness (QED) is 0.593. The molecule has 30 heavy (non-hydrogen) atoms. The van der Waals surface area contributed by atoms with Crippen LogP contribution in [0.5, 0.6) is 0 Å². The van der Waals surface area contributed by atoms with Crippen LogP contribution in [0.3, 0.4) is 0 Å². The van der Waals surface area contributed by atoms with Crippen molar-refractivity contribution in [2.75, 3.05) is 31.2 Å². The van der Waals surface area contributed by atoms with E-state index in [-0.39, 0.29) is 29.6 Å². The number of rotatable bonds is 5. The minimum Gasteiger partial charge on any atom is -0.415 e. The van der Waals surface area contributed by atoms with E-state index in [4.69, 9.17) is 9.15 Å². The van der Waals surface area contributed by atoms with Crippen LogP contribution in [0.2, 0.25) is 0 Å². The summed E-state index contributed by atoms with van der Waals surface area (Å²) in [6.07, 6.45) is -2.90. The largest absolute Gasteiger partial charge is 0.415 e. The van der Waals surface area contributed by atoms with Gasteiger partial charge < -0.3 is 14.1 Å². The monoisotopic (exact) mass is 438 g/mol. The van der Waals surface area contributed by atoms with Crippen LogP contribution in [0.1, 0.15) is 17.9 Å². The van der Waals surface area contributed by atoms with Crippen molar-refractivity contribution < 1.29 is 27.1 Å². The fourth-order valence-corrected chi connectivity index (χ4v) is 3.73. The van der Waals surface area contributed by atoms with Gasteiger partial charge in [-0.3, -0.25) is 4.90 Å². The third kappa shape index (κ3) is 4.31. The van der Waals surface area contributed by atoms with Gasteiger partial charge in [0.1, 0.15) is 5.82 Å². The van der Waals surface area contributed by atoms with E-state index in [9.17, 15) is 18.0 Å². The van der Waals surface area contributed by atoms with Gasteiger partial charge in [0, 0.05) is 24.2 Å². The van der Waals surface area contributed by atoms with Gasteiger partial charge in [-0.2, -0.15) is 8.78 Å². The van der Waals surface area contributed by atoms with Crippen molar-refractivity contribution in [2.24, 2.45) is 0 Å². The summed E-state index contributed by atoms with van der Waals surface area (Å²) in [4.78, 5) is 16.2. The van der Waals surface area contributed by atoms with Crippen molar-refractivity contribution in [3.63, 3.8) is 0 Å². The Morgan fingerprint density at radius 2 is 2.03 bits per heavy atom. The van der Waals surface area contributed by atoms with Gasteiger partial charge in [0.2, 0.25) is 5.89 Å². The van der Waals surface area contributed by atoms with Crippen molar-refractivity contribution in [1.29, 1.82) is 0 Å². The van der Waals surface area contributed by atoms with Gasteiger partial charge in [0.05, 0.1) is 24.8 Å². The van der Waals surface area contributed by atoms with Crippen LogP contribution in [0.25, 0.3) is 11.5 Å². The number of benzene rings is 1. The average molecular weight is 438 g/mol. The van der Waals surface area contributed by atoms with Gasteiger partial charge >= 0.3 is 12.5 Å². The highest BCUT2D eigenvalue weighted by atomic mass is 32.1. The highest BCUT2D eigenvalue weighted by molar-refractivity contribution is 7.14. The summed E-state index contributed by atoms with van der Waals surface area (Å²) in [5, 5.41) is 9.30. The number of thiophene rings is 1. The Bertz CT molecular complexity index is 1010. The molecule has 1 saturated heterocycles. The first-order valence-electron chi connectivity index (χ1n) is 9.11. The zero-order valence-corrected chi connectivity index (χ0v) is 16.4. The van der Waals surface area contributed by atoms with E-state index in [0.717, 1.165) is 6.07 Å². The Morgan fingerprint density at radius 3 is 2.67 bits per heavy atom. The second-order valence-electron chi connectivity index (χ2n) is 6.47. The van der Waals surface area contributed by atoms with E-state index < -0.39 is 18.1 Å². The molecule has 158 valence electrons. The van der Waals surface area contributed by atoms with Gasteiger partial charge in [-0.25, -0.2) is 9.18 Å². The average Bonchev–Trinajstić information content (AvgIpc) is 3.45. The Morgan fingerprint density at radius 1 is 1.23 bits per heavy atom. The van der Waals surface area contributed by atoms with Crippen LogP contribution in [0, 0.1) is 5.82 Å². The van der Waals surface area contributed by atoms with Crippen molar-refractivity contribution in [2.45, 2.75) is 13.0 Å². The van der Waals surface area contributed by atoms with Crippen LogP contribution in [-0.2, 0) is 11.3 Å². The topological polar surface area (TPSA) is 71.7 Å². The first kappa shape index (κ1) is 20.4. The van der Waals surface area contributed by atoms with Gasteiger partial charge in [0.15, 0.2) is 0 Å². The standard InChI is InChI=1S/C19H17F3N4O3S/c20-14-10-12(17-23-24-18(29-17)16(21)22)3-4-13(14)11-26(15-2-1-9-30-15)19(27)25-5-7-28-8-6-25/h1-4,9-10,16H,5-8,11H2. The minimum absolute atomic E-state index is 0.00886. The summed E-state index contributed by atoms with van der Waals surface area (Å²) >= 11 is 1.37. The molecule has 0 atom stereocenters. The van der Waals surface area contributed by atoms with Crippen LogP contribution in [0.15, 0.2) is 40.1 Å². The van der Waals surface area contributed by atoms with Crippen LogP contribution in [-0.4, -0.2) is 47.4 Å². The fraction of sp³-hybridized carbons (Fsp3) is 0.316. The van der Waals surface area contributed by atoms with E-state index in [1.54, 1.807) is 11.0 Å². The molecule has 2 aromatic heterocycles. The number of nitrogens with zero attached hydrogens (tertiary/aromatic N) is 4. The Labute approximate surface area is 173 Å². The molecule has 7 nitrogen and oxygen atoms in total. The van der Waals surface area contributed by atoms with E-state index in [0.29, 0.717) is 31.3 Å². The molecular weight excluding hydrogens is 421 g/mol. The van der Waals surface area contributed by atoms with Gasteiger partial charge in [0.25, 0.3) is 5.89 Å². The van der Waals surface area contributed by atoms with E-state index in [2.05, 4.69) is 10.2 Å². The second kappa shape index (κ2) is 8.84. The molecule has 4 rings (SSSR count). The van der Waals surface area contributed by atoms with Crippen LogP contribution in [0.4, 0.5) is 23.0 Å². The predicted octanol–water partition coefficient (Wildman–Crippen LogP) is 4.33. The van der Waals surface area contributed by atoms with Gasteiger partial charge in [-0.1, -0.05) is 6.07 Å². The Kier molecular flexibility index (Phi) is 6.00. The number of hydrogen-bond donors (Lipinski definition) is 0.